The van der Waals surface area contributed by atoms with Crippen molar-refractivity contribution in [2.45, 2.75) is 13.3 Å². The molecule has 0 saturated carbocycles. The number of fused-ring (bicyclic) bond motifs is 1. The molecule has 1 aliphatic rings. The van der Waals surface area contributed by atoms with Gasteiger partial charge in [0.05, 0.1) is 24.5 Å². The summed E-state index contributed by atoms with van der Waals surface area (Å²) >= 11 is 1.27. The molecule has 6 nitrogen and oxygen atoms in total. The SMILES string of the molecule is CNc1snc(C)c1C(=O)Nc1ccc2c(c1)OCCCO2. The van der Waals surface area contributed by atoms with Gasteiger partial charge in [-0.2, -0.15) is 4.37 Å². The van der Waals surface area contributed by atoms with Gasteiger partial charge in [-0.3, -0.25) is 4.79 Å². The lowest BCUT2D eigenvalue weighted by molar-refractivity contribution is 0.102. The first-order valence-electron chi connectivity index (χ1n) is 7.04. The van der Waals surface area contributed by atoms with Crippen molar-refractivity contribution in [3.63, 3.8) is 0 Å². The van der Waals surface area contributed by atoms with Crippen LogP contribution in [0.5, 0.6) is 11.5 Å². The third-order valence-electron chi connectivity index (χ3n) is 3.32. The molecule has 1 aromatic carbocycles. The van der Waals surface area contributed by atoms with Crippen molar-refractivity contribution < 1.29 is 14.3 Å². The maximum atomic E-state index is 12.5. The number of carbonyl (C=O) groups excluding carboxylic acids is 1. The second-order valence-corrected chi connectivity index (χ2v) is 5.66. The van der Waals surface area contributed by atoms with Crippen molar-refractivity contribution in [2.75, 3.05) is 30.9 Å². The first-order chi connectivity index (χ1) is 10.7. The van der Waals surface area contributed by atoms with Crippen LogP contribution in [0.2, 0.25) is 0 Å². The van der Waals surface area contributed by atoms with Crippen LogP contribution in [0.15, 0.2) is 18.2 Å². The minimum atomic E-state index is -0.190. The zero-order chi connectivity index (χ0) is 15.5. The number of aromatic nitrogens is 1. The maximum Gasteiger partial charge on any atom is 0.260 e. The van der Waals surface area contributed by atoms with Crippen molar-refractivity contribution >= 4 is 28.1 Å². The van der Waals surface area contributed by atoms with E-state index in [0.29, 0.717) is 41.7 Å². The van der Waals surface area contributed by atoms with Crippen molar-refractivity contribution in [1.29, 1.82) is 0 Å². The van der Waals surface area contributed by atoms with Crippen LogP contribution in [0.1, 0.15) is 22.5 Å². The highest BCUT2D eigenvalue weighted by atomic mass is 32.1. The smallest absolute Gasteiger partial charge is 0.260 e. The number of hydrogen-bond donors (Lipinski definition) is 2. The van der Waals surface area contributed by atoms with Crippen LogP contribution in [0.25, 0.3) is 0 Å². The highest BCUT2D eigenvalue weighted by Gasteiger charge is 2.19. The molecule has 0 unspecified atom stereocenters. The van der Waals surface area contributed by atoms with E-state index in [1.54, 1.807) is 19.2 Å². The van der Waals surface area contributed by atoms with Crippen molar-refractivity contribution in [3.8, 4) is 11.5 Å². The predicted molar refractivity (Wildman–Crippen MR) is 86.4 cm³/mol. The molecular formula is C15H17N3O3S. The summed E-state index contributed by atoms with van der Waals surface area (Å²) in [5.74, 6) is 1.18. The molecule has 0 radical (unpaired) electrons. The molecule has 22 heavy (non-hydrogen) atoms. The minimum absolute atomic E-state index is 0.190. The number of benzene rings is 1. The molecular weight excluding hydrogens is 302 g/mol. The quantitative estimate of drug-likeness (QED) is 0.910. The Hall–Kier alpha value is -2.28. The Morgan fingerprint density at radius 2 is 2.05 bits per heavy atom. The predicted octanol–water partition coefficient (Wildman–Crippen LogP) is 2.91. The number of rotatable bonds is 3. The Morgan fingerprint density at radius 1 is 1.27 bits per heavy atom. The summed E-state index contributed by atoms with van der Waals surface area (Å²) in [4.78, 5) is 12.5. The Balaban J connectivity index is 1.82. The summed E-state index contributed by atoms with van der Waals surface area (Å²) < 4.78 is 15.4. The molecule has 0 atom stereocenters. The fourth-order valence-corrected chi connectivity index (χ4v) is 2.98. The molecule has 0 bridgehead atoms. The molecule has 1 aromatic heterocycles. The average molecular weight is 319 g/mol. The number of nitrogens with zero attached hydrogens (tertiary/aromatic N) is 1. The van der Waals surface area contributed by atoms with Gasteiger partial charge in [-0.1, -0.05) is 0 Å². The van der Waals surface area contributed by atoms with E-state index in [-0.39, 0.29) is 5.91 Å². The normalized spacial score (nSPS) is 13.4. The fraction of sp³-hybridized carbons (Fsp3) is 0.333. The number of ether oxygens (including phenoxy) is 2. The largest absolute Gasteiger partial charge is 0.490 e. The third kappa shape index (κ3) is 2.85. The van der Waals surface area contributed by atoms with E-state index in [1.807, 2.05) is 13.0 Å². The zero-order valence-corrected chi connectivity index (χ0v) is 13.3. The Labute approximate surface area is 132 Å². The van der Waals surface area contributed by atoms with Crippen LogP contribution in [0, 0.1) is 6.92 Å². The molecule has 2 aromatic rings. The van der Waals surface area contributed by atoms with Gasteiger partial charge >= 0.3 is 0 Å². The third-order valence-corrected chi connectivity index (χ3v) is 4.28. The molecule has 0 aliphatic carbocycles. The second kappa shape index (κ2) is 6.23. The molecule has 0 spiro atoms. The average Bonchev–Trinajstić information content (AvgIpc) is 2.74. The van der Waals surface area contributed by atoms with Crippen LogP contribution in [0.4, 0.5) is 10.7 Å². The van der Waals surface area contributed by atoms with Gasteiger partial charge in [0.15, 0.2) is 11.5 Å². The maximum absolute atomic E-state index is 12.5. The Bertz CT molecular complexity index is 699. The zero-order valence-electron chi connectivity index (χ0n) is 12.4. The van der Waals surface area contributed by atoms with Gasteiger partial charge in [0.1, 0.15) is 5.00 Å². The second-order valence-electron chi connectivity index (χ2n) is 4.89. The van der Waals surface area contributed by atoms with E-state index in [2.05, 4.69) is 15.0 Å². The first-order valence-corrected chi connectivity index (χ1v) is 7.81. The lowest BCUT2D eigenvalue weighted by Gasteiger charge is -2.11. The molecule has 0 saturated heterocycles. The van der Waals surface area contributed by atoms with Gasteiger partial charge in [0.25, 0.3) is 5.91 Å². The molecule has 7 heteroatoms. The molecule has 0 fully saturated rings. The van der Waals surface area contributed by atoms with E-state index in [0.717, 1.165) is 11.4 Å². The molecule has 3 rings (SSSR count). The molecule has 2 N–H and O–H groups in total. The molecule has 1 amide bonds. The lowest BCUT2D eigenvalue weighted by Crippen LogP contribution is -2.14. The molecule has 116 valence electrons. The van der Waals surface area contributed by atoms with Crippen LogP contribution < -0.4 is 20.1 Å². The number of hydrogen-bond acceptors (Lipinski definition) is 6. The van der Waals surface area contributed by atoms with Crippen LogP contribution in [-0.4, -0.2) is 30.5 Å². The minimum Gasteiger partial charge on any atom is -0.490 e. The lowest BCUT2D eigenvalue weighted by atomic mass is 10.2. The summed E-state index contributed by atoms with van der Waals surface area (Å²) in [7, 11) is 1.78. The van der Waals surface area contributed by atoms with Crippen molar-refractivity contribution in [2.24, 2.45) is 0 Å². The van der Waals surface area contributed by atoms with Gasteiger partial charge in [0, 0.05) is 25.2 Å². The topological polar surface area (TPSA) is 72.5 Å². The number of amides is 1. The monoisotopic (exact) mass is 319 g/mol. The van der Waals surface area contributed by atoms with Crippen LogP contribution in [-0.2, 0) is 0 Å². The van der Waals surface area contributed by atoms with E-state index >= 15 is 0 Å². The number of carbonyl (C=O) groups is 1. The highest BCUT2D eigenvalue weighted by molar-refractivity contribution is 7.10. The van der Waals surface area contributed by atoms with Gasteiger partial charge < -0.3 is 20.1 Å². The Morgan fingerprint density at radius 3 is 2.82 bits per heavy atom. The number of anilines is 2. The van der Waals surface area contributed by atoms with Gasteiger partial charge in [-0.15, -0.1) is 0 Å². The molecule has 1 aliphatic heterocycles. The number of aryl methyl sites for hydroxylation is 1. The van der Waals surface area contributed by atoms with E-state index in [4.69, 9.17) is 9.47 Å². The summed E-state index contributed by atoms with van der Waals surface area (Å²) in [6.07, 6.45) is 0.849. The summed E-state index contributed by atoms with van der Waals surface area (Å²) in [5, 5.41) is 6.63. The molecule has 2 heterocycles. The van der Waals surface area contributed by atoms with E-state index in [9.17, 15) is 4.79 Å². The van der Waals surface area contributed by atoms with Gasteiger partial charge in [-0.25, -0.2) is 0 Å². The van der Waals surface area contributed by atoms with Crippen molar-refractivity contribution in [1.82, 2.24) is 4.37 Å². The van der Waals surface area contributed by atoms with Crippen LogP contribution >= 0.6 is 11.5 Å². The van der Waals surface area contributed by atoms with E-state index in [1.165, 1.54) is 11.5 Å². The summed E-state index contributed by atoms with van der Waals surface area (Å²) in [5.41, 5.74) is 1.95. The Kier molecular flexibility index (Phi) is 4.15. The van der Waals surface area contributed by atoms with Crippen LogP contribution in [0.3, 0.4) is 0 Å². The van der Waals surface area contributed by atoms with E-state index < -0.39 is 0 Å². The summed E-state index contributed by atoms with van der Waals surface area (Å²) in [6.45, 7) is 3.08. The van der Waals surface area contributed by atoms with Crippen molar-refractivity contribution in [3.05, 3.63) is 29.5 Å². The number of nitrogens with one attached hydrogen (secondary N) is 2. The fourth-order valence-electron chi connectivity index (χ4n) is 2.24. The van der Waals surface area contributed by atoms with Gasteiger partial charge in [-0.05, 0) is 30.6 Å². The summed E-state index contributed by atoms with van der Waals surface area (Å²) in [6, 6.07) is 5.40. The first kappa shape index (κ1) is 14.6. The standard InChI is InChI=1S/C15H17N3O3S/c1-9-13(15(16-2)22-18-9)14(19)17-10-4-5-11-12(8-10)21-7-3-6-20-11/h4-5,8,16H,3,6-7H2,1-2H3,(H,17,19). The van der Waals surface area contributed by atoms with Gasteiger partial charge in [0.2, 0.25) is 0 Å². The highest BCUT2D eigenvalue weighted by Crippen LogP contribution is 2.33.